The summed E-state index contributed by atoms with van der Waals surface area (Å²) < 4.78 is 7.04. The van der Waals surface area contributed by atoms with E-state index in [0.29, 0.717) is 17.7 Å². The van der Waals surface area contributed by atoms with Crippen LogP contribution in [0.15, 0.2) is 72.8 Å². The zero-order valence-corrected chi connectivity index (χ0v) is 20.5. The molecule has 1 aromatic heterocycles. The van der Waals surface area contributed by atoms with Crippen LogP contribution in [-0.4, -0.2) is 45.4 Å². The predicted octanol–water partition coefficient (Wildman–Crippen LogP) is 4.38. The molecule has 0 bridgehead atoms. The van der Waals surface area contributed by atoms with Gasteiger partial charge in [0.2, 0.25) is 0 Å². The Morgan fingerprint density at radius 1 is 1.00 bits per heavy atom. The fourth-order valence-electron chi connectivity index (χ4n) is 4.45. The van der Waals surface area contributed by atoms with Crippen molar-refractivity contribution in [3.05, 3.63) is 95.3 Å². The Morgan fingerprint density at radius 3 is 2.51 bits per heavy atom. The van der Waals surface area contributed by atoms with Crippen molar-refractivity contribution in [1.82, 2.24) is 19.8 Å². The van der Waals surface area contributed by atoms with Crippen LogP contribution in [0.2, 0.25) is 0 Å². The van der Waals surface area contributed by atoms with Gasteiger partial charge in [0.1, 0.15) is 11.7 Å². The van der Waals surface area contributed by atoms with Crippen molar-refractivity contribution in [2.24, 2.45) is 0 Å². The molecule has 2 amide bonds. The second-order valence-corrected chi connectivity index (χ2v) is 8.83. The fraction of sp³-hybridized carbons (Fsp3) is 0.214. The van der Waals surface area contributed by atoms with E-state index in [4.69, 9.17) is 15.1 Å². The third-order valence-electron chi connectivity index (χ3n) is 6.28. The van der Waals surface area contributed by atoms with Crippen molar-refractivity contribution in [2.45, 2.75) is 26.6 Å². The number of amides is 2. The highest BCUT2D eigenvalue weighted by atomic mass is 16.5. The molecule has 0 radical (unpaired) electrons. The SMILES string of the molecule is CCOC(=O)NC(=N)c1ccc(CN2CCn3c(nc4cc(C(=O)Nc5ccccc5)ccc43)C2)cc1. The number of imidazole rings is 1. The Labute approximate surface area is 214 Å². The summed E-state index contributed by atoms with van der Waals surface area (Å²) >= 11 is 0. The van der Waals surface area contributed by atoms with E-state index in [-0.39, 0.29) is 18.3 Å². The smallest absolute Gasteiger partial charge is 0.412 e. The Morgan fingerprint density at radius 2 is 1.76 bits per heavy atom. The largest absolute Gasteiger partial charge is 0.450 e. The van der Waals surface area contributed by atoms with E-state index in [9.17, 15) is 9.59 Å². The van der Waals surface area contributed by atoms with Crippen molar-refractivity contribution >= 4 is 34.6 Å². The summed E-state index contributed by atoms with van der Waals surface area (Å²) in [6.07, 6.45) is -0.628. The third kappa shape index (κ3) is 5.52. The highest BCUT2D eigenvalue weighted by molar-refractivity contribution is 6.06. The van der Waals surface area contributed by atoms with E-state index in [2.05, 4.69) is 20.1 Å². The van der Waals surface area contributed by atoms with Crippen molar-refractivity contribution < 1.29 is 14.3 Å². The topological polar surface area (TPSA) is 112 Å². The second-order valence-electron chi connectivity index (χ2n) is 8.83. The Bertz CT molecular complexity index is 1450. The molecule has 3 N–H and O–H groups in total. The number of rotatable bonds is 6. The number of fused-ring (bicyclic) bond motifs is 3. The fourth-order valence-corrected chi connectivity index (χ4v) is 4.45. The molecule has 0 saturated heterocycles. The lowest BCUT2D eigenvalue weighted by Gasteiger charge is -2.28. The average molecular weight is 497 g/mol. The van der Waals surface area contributed by atoms with Gasteiger partial charge in [0.05, 0.1) is 24.2 Å². The van der Waals surface area contributed by atoms with Gasteiger partial charge in [0.25, 0.3) is 5.91 Å². The van der Waals surface area contributed by atoms with E-state index < -0.39 is 6.09 Å². The maximum Gasteiger partial charge on any atom is 0.412 e. The van der Waals surface area contributed by atoms with Gasteiger partial charge in [-0.25, -0.2) is 9.78 Å². The molecule has 0 saturated carbocycles. The molecule has 3 aromatic carbocycles. The lowest BCUT2D eigenvalue weighted by atomic mass is 10.1. The molecular weight excluding hydrogens is 468 g/mol. The van der Waals surface area contributed by atoms with Gasteiger partial charge < -0.3 is 14.6 Å². The summed E-state index contributed by atoms with van der Waals surface area (Å²) in [5.74, 6) is 0.821. The standard InChI is InChI=1S/C28H28N6O3/c1-2-37-28(36)32-26(29)20-10-8-19(9-11-20)17-33-14-15-34-24-13-12-21(16-23(24)31-25(34)18-33)27(35)30-22-6-4-3-5-7-22/h3-13,16H,2,14-15,17-18H2,1H3,(H,30,35)(H2,29,32,36). The van der Waals surface area contributed by atoms with Crippen LogP contribution in [0.5, 0.6) is 0 Å². The second kappa shape index (κ2) is 10.6. The first-order valence-corrected chi connectivity index (χ1v) is 12.2. The number of anilines is 1. The molecule has 0 aliphatic carbocycles. The molecular formula is C28H28N6O3. The molecule has 0 spiro atoms. The van der Waals surface area contributed by atoms with Crippen LogP contribution in [0.25, 0.3) is 11.0 Å². The molecule has 1 aliphatic heterocycles. The predicted molar refractivity (Wildman–Crippen MR) is 142 cm³/mol. The number of amidine groups is 1. The number of carbonyl (C=O) groups excluding carboxylic acids is 2. The van der Waals surface area contributed by atoms with Crippen molar-refractivity contribution in [3.63, 3.8) is 0 Å². The Balaban J connectivity index is 1.24. The number of nitrogens with one attached hydrogen (secondary N) is 3. The molecule has 0 unspecified atom stereocenters. The van der Waals surface area contributed by atoms with Crippen LogP contribution >= 0.6 is 0 Å². The summed E-state index contributed by atoms with van der Waals surface area (Å²) in [5, 5.41) is 13.4. The van der Waals surface area contributed by atoms with E-state index in [1.54, 1.807) is 6.92 Å². The zero-order chi connectivity index (χ0) is 25.8. The van der Waals surface area contributed by atoms with Crippen LogP contribution in [0.3, 0.4) is 0 Å². The highest BCUT2D eigenvalue weighted by Crippen LogP contribution is 2.23. The van der Waals surface area contributed by atoms with Gasteiger partial charge in [-0.05, 0) is 42.8 Å². The molecule has 4 aromatic rings. The number of para-hydroxylation sites is 1. The number of aromatic nitrogens is 2. The summed E-state index contributed by atoms with van der Waals surface area (Å²) in [6, 6.07) is 22.6. The van der Waals surface area contributed by atoms with Crippen molar-refractivity contribution in [2.75, 3.05) is 18.5 Å². The third-order valence-corrected chi connectivity index (χ3v) is 6.28. The first-order valence-electron chi connectivity index (χ1n) is 12.2. The first-order chi connectivity index (χ1) is 18.0. The minimum atomic E-state index is -0.628. The molecule has 37 heavy (non-hydrogen) atoms. The first kappa shape index (κ1) is 24.2. The maximum atomic E-state index is 12.7. The van der Waals surface area contributed by atoms with Crippen LogP contribution in [0, 0.1) is 5.41 Å². The average Bonchev–Trinajstić information content (AvgIpc) is 3.26. The number of hydrogen-bond acceptors (Lipinski definition) is 6. The molecule has 0 fully saturated rings. The number of nitrogens with zero attached hydrogens (tertiary/aromatic N) is 3. The Hall–Kier alpha value is -4.50. The summed E-state index contributed by atoms with van der Waals surface area (Å²) in [4.78, 5) is 31.4. The zero-order valence-electron chi connectivity index (χ0n) is 20.5. The molecule has 9 heteroatoms. The van der Waals surface area contributed by atoms with Gasteiger partial charge in [-0.15, -0.1) is 0 Å². The lowest BCUT2D eigenvalue weighted by molar-refractivity contribution is 0.102. The lowest BCUT2D eigenvalue weighted by Crippen LogP contribution is -2.33. The number of hydrogen-bond donors (Lipinski definition) is 3. The minimum absolute atomic E-state index is 0.00788. The van der Waals surface area contributed by atoms with Gasteiger partial charge in [0.15, 0.2) is 0 Å². The number of alkyl carbamates (subject to hydrolysis) is 1. The van der Waals surface area contributed by atoms with E-state index in [0.717, 1.165) is 47.7 Å². The molecule has 1 aliphatic rings. The van der Waals surface area contributed by atoms with Crippen molar-refractivity contribution in [3.8, 4) is 0 Å². The molecule has 188 valence electrons. The van der Waals surface area contributed by atoms with E-state index >= 15 is 0 Å². The monoisotopic (exact) mass is 496 g/mol. The quantitative estimate of drug-likeness (QED) is 0.271. The van der Waals surface area contributed by atoms with Gasteiger partial charge >= 0.3 is 6.09 Å². The van der Waals surface area contributed by atoms with Gasteiger partial charge in [-0.2, -0.15) is 0 Å². The summed E-state index contributed by atoms with van der Waals surface area (Å²) in [7, 11) is 0. The van der Waals surface area contributed by atoms with E-state index in [1.807, 2.05) is 72.8 Å². The van der Waals surface area contributed by atoms with Crippen LogP contribution in [-0.2, 0) is 24.4 Å². The maximum absolute atomic E-state index is 12.7. The van der Waals surface area contributed by atoms with E-state index in [1.165, 1.54) is 0 Å². The summed E-state index contributed by atoms with van der Waals surface area (Å²) in [5.41, 5.74) is 4.90. The van der Waals surface area contributed by atoms with Crippen LogP contribution in [0.4, 0.5) is 10.5 Å². The highest BCUT2D eigenvalue weighted by Gasteiger charge is 2.21. The van der Waals surface area contributed by atoms with Crippen LogP contribution in [0.1, 0.15) is 34.2 Å². The van der Waals surface area contributed by atoms with Gasteiger partial charge in [-0.3, -0.25) is 20.4 Å². The van der Waals surface area contributed by atoms with Crippen LogP contribution < -0.4 is 10.6 Å². The number of ether oxygens (including phenoxy) is 1. The molecule has 2 heterocycles. The Kier molecular flexibility index (Phi) is 6.96. The molecule has 0 atom stereocenters. The number of benzene rings is 3. The number of carbonyl (C=O) groups is 2. The normalized spacial score (nSPS) is 13.1. The summed E-state index contributed by atoms with van der Waals surface area (Å²) in [6.45, 7) is 5.10. The van der Waals surface area contributed by atoms with Gasteiger partial charge in [-0.1, -0.05) is 42.5 Å². The van der Waals surface area contributed by atoms with Gasteiger partial charge in [0, 0.05) is 36.4 Å². The molecule has 5 rings (SSSR count). The molecule has 9 nitrogen and oxygen atoms in total. The minimum Gasteiger partial charge on any atom is -0.450 e. The van der Waals surface area contributed by atoms with Crippen molar-refractivity contribution in [1.29, 1.82) is 5.41 Å².